The van der Waals surface area contributed by atoms with Crippen molar-refractivity contribution in [2.45, 2.75) is 13.3 Å². The van der Waals surface area contributed by atoms with E-state index in [0.717, 1.165) is 4.31 Å². The lowest BCUT2D eigenvalue weighted by Crippen LogP contribution is -2.34. The van der Waals surface area contributed by atoms with E-state index in [1.807, 2.05) is 0 Å². The third kappa shape index (κ3) is 5.79. The van der Waals surface area contributed by atoms with E-state index in [1.54, 1.807) is 12.1 Å². The Balaban J connectivity index is 2.79. The Kier molecular flexibility index (Phi) is 5.68. The molecule has 0 saturated heterocycles. The third-order valence-corrected chi connectivity index (χ3v) is 3.98. The van der Waals surface area contributed by atoms with Crippen LogP contribution in [-0.4, -0.2) is 43.3 Å². The average Bonchev–Trinajstić information content (AvgIpc) is 2.34. The second-order valence-electron chi connectivity index (χ2n) is 4.33. The van der Waals surface area contributed by atoms with Crippen molar-refractivity contribution in [3.8, 4) is 0 Å². The predicted molar refractivity (Wildman–Crippen MR) is 78.2 cm³/mol. The summed E-state index contributed by atoms with van der Waals surface area (Å²) in [5, 5.41) is 11.1. The number of carboxylic acid groups (broad SMARTS) is 1. The highest BCUT2D eigenvalue weighted by Crippen LogP contribution is 2.17. The van der Waals surface area contributed by atoms with Gasteiger partial charge in [-0.25, -0.2) is 0 Å². The number of carbonyl (C=O) groups is 2. The van der Waals surface area contributed by atoms with Crippen molar-refractivity contribution >= 4 is 33.5 Å². The minimum atomic E-state index is -3.85. The molecule has 0 aliphatic carbocycles. The van der Waals surface area contributed by atoms with Gasteiger partial charge in [0.25, 0.3) is 0 Å². The molecule has 0 fully saturated rings. The summed E-state index contributed by atoms with van der Waals surface area (Å²) in [6, 6.07) is 6.19. The van der Waals surface area contributed by atoms with Gasteiger partial charge in [0.2, 0.25) is 5.91 Å². The molecule has 0 unspecified atom stereocenters. The fourth-order valence-electron chi connectivity index (χ4n) is 1.46. The van der Waals surface area contributed by atoms with Crippen molar-refractivity contribution < 1.29 is 23.1 Å². The first-order valence-corrected chi connectivity index (χ1v) is 7.48. The molecule has 116 valence electrons. The standard InChI is InChI=1S/C12H17N3O5S/c1-9(16)13-10-4-3-5-11(8-10)14-21(19,20)15(2)7-6-12(17)18/h3-5,8,14H,6-7H2,1-2H3,(H,13,16)(H,17,18). The Morgan fingerprint density at radius 3 is 2.48 bits per heavy atom. The summed E-state index contributed by atoms with van der Waals surface area (Å²) in [6.45, 7) is 1.20. The van der Waals surface area contributed by atoms with E-state index in [4.69, 9.17) is 5.11 Å². The summed E-state index contributed by atoms with van der Waals surface area (Å²) in [5.41, 5.74) is 0.722. The van der Waals surface area contributed by atoms with Gasteiger partial charge in [0.15, 0.2) is 0 Å². The lowest BCUT2D eigenvalue weighted by Gasteiger charge is -2.17. The van der Waals surface area contributed by atoms with Gasteiger partial charge in [-0.15, -0.1) is 0 Å². The molecule has 0 saturated carbocycles. The van der Waals surface area contributed by atoms with E-state index in [0.29, 0.717) is 5.69 Å². The van der Waals surface area contributed by atoms with E-state index in [9.17, 15) is 18.0 Å². The predicted octanol–water partition coefficient (Wildman–Crippen LogP) is 0.708. The summed E-state index contributed by atoms with van der Waals surface area (Å²) in [7, 11) is -2.57. The molecule has 0 aromatic heterocycles. The summed E-state index contributed by atoms with van der Waals surface area (Å²) in [6.07, 6.45) is -0.288. The largest absolute Gasteiger partial charge is 0.481 e. The van der Waals surface area contributed by atoms with Gasteiger partial charge in [-0.2, -0.15) is 12.7 Å². The molecule has 1 rings (SSSR count). The fourth-order valence-corrected chi connectivity index (χ4v) is 2.38. The van der Waals surface area contributed by atoms with Crippen molar-refractivity contribution in [3.63, 3.8) is 0 Å². The maximum absolute atomic E-state index is 12.0. The summed E-state index contributed by atoms with van der Waals surface area (Å²) < 4.78 is 27.2. The zero-order valence-electron chi connectivity index (χ0n) is 11.7. The first-order chi connectivity index (χ1) is 9.70. The van der Waals surface area contributed by atoms with Crippen LogP contribution in [-0.2, 0) is 19.8 Å². The van der Waals surface area contributed by atoms with Gasteiger partial charge < -0.3 is 10.4 Å². The molecule has 1 amide bonds. The minimum absolute atomic E-state index is 0.143. The van der Waals surface area contributed by atoms with Crippen molar-refractivity contribution in [2.75, 3.05) is 23.6 Å². The number of nitrogens with zero attached hydrogens (tertiary/aromatic N) is 1. The maximum atomic E-state index is 12.0. The van der Waals surface area contributed by atoms with Crippen LogP contribution in [0.2, 0.25) is 0 Å². The van der Waals surface area contributed by atoms with E-state index in [1.165, 1.54) is 26.1 Å². The molecule has 0 heterocycles. The van der Waals surface area contributed by atoms with Crippen LogP contribution >= 0.6 is 0 Å². The van der Waals surface area contributed by atoms with Crippen LogP contribution in [0.4, 0.5) is 11.4 Å². The van der Waals surface area contributed by atoms with Gasteiger partial charge in [0.05, 0.1) is 12.1 Å². The quantitative estimate of drug-likeness (QED) is 0.685. The molecule has 0 spiro atoms. The first-order valence-electron chi connectivity index (χ1n) is 6.04. The highest BCUT2D eigenvalue weighted by atomic mass is 32.2. The molecular formula is C12H17N3O5S. The first kappa shape index (κ1) is 16.9. The lowest BCUT2D eigenvalue weighted by atomic mass is 10.3. The van der Waals surface area contributed by atoms with Gasteiger partial charge in [-0.05, 0) is 18.2 Å². The average molecular weight is 315 g/mol. The fraction of sp³-hybridized carbons (Fsp3) is 0.333. The molecule has 0 atom stereocenters. The van der Waals surface area contributed by atoms with Gasteiger partial charge >= 0.3 is 16.2 Å². The van der Waals surface area contributed by atoms with Gasteiger partial charge in [0, 0.05) is 26.2 Å². The van der Waals surface area contributed by atoms with Crippen LogP contribution in [0.3, 0.4) is 0 Å². The zero-order chi connectivity index (χ0) is 16.0. The molecule has 1 aromatic rings. The Morgan fingerprint density at radius 2 is 1.90 bits per heavy atom. The molecule has 0 aliphatic rings. The van der Waals surface area contributed by atoms with Crippen LogP contribution in [0, 0.1) is 0 Å². The molecular weight excluding hydrogens is 298 g/mol. The summed E-state index contributed by atoms with van der Waals surface area (Å²) in [4.78, 5) is 21.4. The van der Waals surface area contributed by atoms with Crippen LogP contribution in [0.1, 0.15) is 13.3 Å². The molecule has 21 heavy (non-hydrogen) atoms. The smallest absolute Gasteiger partial charge is 0.304 e. The molecule has 1 aromatic carbocycles. The Bertz CT molecular complexity index is 630. The molecule has 0 bridgehead atoms. The van der Waals surface area contributed by atoms with E-state index >= 15 is 0 Å². The van der Waals surface area contributed by atoms with Crippen LogP contribution in [0.15, 0.2) is 24.3 Å². The molecule has 8 nitrogen and oxygen atoms in total. The number of rotatable bonds is 7. The van der Waals surface area contributed by atoms with Gasteiger partial charge in [-0.1, -0.05) is 6.07 Å². The molecule has 9 heteroatoms. The van der Waals surface area contributed by atoms with Crippen molar-refractivity contribution in [2.24, 2.45) is 0 Å². The van der Waals surface area contributed by atoms with Crippen molar-refractivity contribution in [1.29, 1.82) is 0 Å². The van der Waals surface area contributed by atoms with Crippen molar-refractivity contribution in [1.82, 2.24) is 4.31 Å². The van der Waals surface area contributed by atoms with E-state index in [-0.39, 0.29) is 24.6 Å². The number of benzene rings is 1. The third-order valence-electron chi connectivity index (χ3n) is 2.48. The van der Waals surface area contributed by atoms with E-state index in [2.05, 4.69) is 10.0 Å². The summed E-state index contributed by atoms with van der Waals surface area (Å²) >= 11 is 0. The number of aliphatic carboxylic acids is 1. The number of hydrogen-bond donors (Lipinski definition) is 3. The maximum Gasteiger partial charge on any atom is 0.304 e. The zero-order valence-corrected chi connectivity index (χ0v) is 12.5. The van der Waals surface area contributed by atoms with Crippen LogP contribution < -0.4 is 10.0 Å². The van der Waals surface area contributed by atoms with Crippen molar-refractivity contribution in [3.05, 3.63) is 24.3 Å². The number of nitrogens with one attached hydrogen (secondary N) is 2. The molecule has 0 radical (unpaired) electrons. The number of carboxylic acids is 1. The van der Waals surface area contributed by atoms with Crippen LogP contribution in [0.25, 0.3) is 0 Å². The van der Waals surface area contributed by atoms with E-state index < -0.39 is 16.2 Å². The minimum Gasteiger partial charge on any atom is -0.481 e. The van der Waals surface area contributed by atoms with Crippen LogP contribution in [0.5, 0.6) is 0 Å². The highest BCUT2D eigenvalue weighted by Gasteiger charge is 2.18. The monoisotopic (exact) mass is 315 g/mol. The number of carbonyl (C=O) groups excluding carboxylic acids is 1. The summed E-state index contributed by atoms with van der Waals surface area (Å²) in [5.74, 6) is -1.35. The Morgan fingerprint density at radius 1 is 1.29 bits per heavy atom. The normalized spacial score (nSPS) is 11.2. The van der Waals surface area contributed by atoms with Gasteiger partial charge in [-0.3, -0.25) is 14.3 Å². The topological polar surface area (TPSA) is 116 Å². The number of anilines is 2. The number of hydrogen-bond acceptors (Lipinski definition) is 4. The number of amides is 1. The highest BCUT2D eigenvalue weighted by molar-refractivity contribution is 7.90. The Hall–Kier alpha value is -2.13. The SMILES string of the molecule is CC(=O)Nc1cccc(NS(=O)(=O)N(C)CCC(=O)O)c1. The molecule has 3 N–H and O–H groups in total. The molecule has 0 aliphatic heterocycles. The van der Waals surface area contributed by atoms with Gasteiger partial charge in [0.1, 0.15) is 0 Å². The second-order valence-corrected chi connectivity index (χ2v) is 6.11. The Labute approximate surface area is 122 Å². The second kappa shape index (κ2) is 7.04. The lowest BCUT2D eigenvalue weighted by molar-refractivity contribution is -0.137.